The molecule has 1 rings (SSSR count). The molecule has 0 saturated heterocycles. The Morgan fingerprint density at radius 2 is 1.86 bits per heavy atom. The monoisotopic (exact) mass is 347 g/mol. The minimum atomic E-state index is -0.0416. The van der Waals surface area contributed by atoms with Crippen LogP contribution in [0.2, 0.25) is 10.0 Å². The van der Waals surface area contributed by atoms with Crippen LogP contribution in [-0.2, 0) is 0 Å². The Balaban J connectivity index is 2.96. The van der Waals surface area contributed by atoms with Crippen molar-refractivity contribution in [1.82, 2.24) is 0 Å². The SMILES string of the molecule is COc1c(Cl)ccc(Cl)c1C([O-])=PCC(C)CC(C)(C)C. The molecule has 21 heavy (non-hydrogen) atoms. The van der Waals surface area contributed by atoms with E-state index in [0.29, 0.717) is 27.3 Å². The summed E-state index contributed by atoms with van der Waals surface area (Å²) in [6.45, 7) is 8.79. The molecule has 1 atom stereocenters. The molecule has 0 spiro atoms. The maximum Gasteiger partial charge on any atom is 0.145 e. The number of rotatable bonds is 5. The molecule has 0 heterocycles. The summed E-state index contributed by atoms with van der Waals surface area (Å²) in [5.41, 5.74) is 0.611. The second-order valence-electron chi connectivity index (χ2n) is 6.45. The summed E-state index contributed by atoms with van der Waals surface area (Å²) in [5, 5.41) is 13.2. The second kappa shape index (κ2) is 7.83. The Kier molecular flexibility index (Phi) is 7.00. The lowest BCUT2D eigenvalue weighted by atomic mass is 9.86. The van der Waals surface area contributed by atoms with Crippen LogP contribution < -0.4 is 9.84 Å². The van der Waals surface area contributed by atoms with Crippen molar-refractivity contribution in [2.75, 3.05) is 13.3 Å². The topological polar surface area (TPSA) is 32.3 Å². The Hall–Kier alpha value is -0.270. The fraction of sp³-hybridized carbons (Fsp3) is 0.562. The highest BCUT2D eigenvalue weighted by Crippen LogP contribution is 2.35. The fourth-order valence-electron chi connectivity index (χ4n) is 2.36. The molecule has 0 aliphatic rings. The van der Waals surface area contributed by atoms with E-state index in [0.717, 1.165) is 20.8 Å². The van der Waals surface area contributed by atoms with Gasteiger partial charge in [0.1, 0.15) is 5.75 Å². The number of ether oxygens (including phenoxy) is 1. The normalized spacial score (nSPS) is 14.2. The number of methoxy groups -OCH3 is 1. The van der Waals surface area contributed by atoms with E-state index in [-0.39, 0.29) is 10.9 Å². The van der Waals surface area contributed by atoms with E-state index in [2.05, 4.69) is 27.7 Å². The van der Waals surface area contributed by atoms with E-state index in [4.69, 9.17) is 27.9 Å². The van der Waals surface area contributed by atoms with Gasteiger partial charge in [0, 0.05) is 5.56 Å². The average molecular weight is 348 g/mol. The third-order valence-corrected chi connectivity index (χ3v) is 4.91. The molecular weight excluding hydrogens is 326 g/mol. The van der Waals surface area contributed by atoms with Crippen molar-refractivity contribution >= 4 is 36.9 Å². The van der Waals surface area contributed by atoms with E-state index in [9.17, 15) is 5.11 Å². The summed E-state index contributed by atoms with van der Waals surface area (Å²) in [6.07, 6.45) is 1.88. The molecule has 118 valence electrons. The Morgan fingerprint density at radius 1 is 1.29 bits per heavy atom. The van der Waals surface area contributed by atoms with Crippen LogP contribution >= 0.6 is 31.4 Å². The van der Waals surface area contributed by atoms with Crippen LogP contribution in [0, 0.1) is 11.3 Å². The molecule has 0 amide bonds. The smallest absolute Gasteiger partial charge is 0.145 e. The van der Waals surface area contributed by atoms with Gasteiger partial charge < -0.3 is 9.84 Å². The van der Waals surface area contributed by atoms with Gasteiger partial charge in [0.15, 0.2) is 0 Å². The first-order chi connectivity index (χ1) is 9.65. The third-order valence-electron chi connectivity index (χ3n) is 2.98. The van der Waals surface area contributed by atoms with Crippen molar-refractivity contribution in [2.45, 2.75) is 34.1 Å². The summed E-state index contributed by atoms with van der Waals surface area (Å²) in [6, 6.07) is 3.27. The summed E-state index contributed by atoms with van der Waals surface area (Å²) in [4.78, 5) is 0. The minimum absolute atomic E-state index is 0.0416. The molecule has 1 aromatic rings. The van der Waals surface area contributed by atoms with Crippen LogP contribution in [0.3, 0.4) is 0 Å². The molecule has 0 radical (unpaired) electrons. The lowest BCUT2D eigenvalue weighted by Crippen LogP contribution is -2.19. The van der Waals surface area contributed by atoms with Gasteiger partial charge in [-0.25, -0.2) is 0 Å². The van der Waals surface area contributed by atoms with Gasteiger partial charge in [-0.3, -0.25) is 0 Å². The van der Waals surface area contributed by atoms with E-state index in [1.165, 1.54) is 7.11 Å². The molecule has 0 fully saturated rings. The lowest BCUT2D eigenvalue weighted by Gasteiger charge is -2.23. The summed E-state index contributed by atoms with van der Waals surface area (Å²) < 4.78 is 5.22. The Labute approximate surface area is 139 Å². The first-order valence-electron chi connectivity index (χ1n) is 6.89. The highest BCUT2D eigenvalue weighted by atomic mass is 35.5. The zero-order valence-electron chi connectivity index (χ0n) is 13.2. The Bertz CT molecular complexity index is 522. The van der Waals surface area contributed by atoms with Crippen LogP contribution in [0.1, 0.15) is 39.7 Å². The predicted octanol–water partition coefficient (Wildman–Crippen LogP) is 4.86. The van der Waals surface area contributed by atoms with Gasteiger partial charge in [0.2, 0.25) is 0 Å². The van der Waals surface area contributed by atoms with Crippen molar-refractivity contribution in [3.8, 4) is 5.75 Å². The van der Waals surface area contributed by atoms with Crippen LogP contribution in [0.5, 0.6) is 5.75 Å². The minimum Gasteiger partial charge on any atom is -0.823 e. The second-order valence-corrected chi connectivity index (χ2v) is 8.36. The van der Waals surface area contributed by atoms with E-state index < -0.39 is 0 Å². The molecule has 0 aliphatic heterocycles. The first-order valence-corrected chi connectivity index (χ1v) is 8.73. The number of halogens is 2. The zero-order valence-corrected chi connectivity index (χ0v) is 15.6. The predicted molar refractivity (Wildman–Crippen MR) is 92.1 cm³/mol. The number of benzene rings is 1. The van der Waals surface area contributed by atoms with E-state index >= 15 is 0 Å². The summed E-state index contributed by atoms with van der Waals surface area (Å²) in [7, 11) is 2.22. The van der Waals surface area contributed by atoms with Crippen LogP contribution in [0.15, 0.2) is 12.1 Å². The van der Waals surface area contributed by atoms with Gasteiger partial charge >= 0.3 is 0 Å². The summed E-state index contributed by atoms with van der Waals surface area (Å²) >= 11 is 12.2. The standard InChI is InChI=1S/C16H23Cl2O2P/c1-10(8-16(2,3)4)9-21-15(19)13-11(17)6-7-12(18)14(13)20-5/h6-7,10,19H,8-9H2,1-5H3/p-1. The molecule has 0 bridgehead atoms. The average Bonchev–Trinajstić information content (AvgIpc) is 2.36. The quantitative estimate of drug-likeness (QED) is 0.712. The number of hydrogen-bond acceptors (Lipinski definition) is 2. The lowest BCUT2D eigenvalue weighted by molar-refractivity contribution is -0.207. The molecule has 2 nitrogen and oxygen atoms in total. The zero-order chi connectivity index (χ0) is 16.2. The molecule has 0 aliphatic carbocycles. The maximum absolute atomic E-state index is 12.4. The molecular formula is C16H22Cl2O2P-. The highest BCUT2D eigenvalue weighted by Gasteiger charge is 2.15. The van der Waals surface area contributed by atoms with Crippen LogP contribution in [0.4, 0.5) is 0 Å². The Morgan fingerprint density at radius 3 is 2.38 bits per heavy atom. The molecule has 1 aromatic carbocycles. The molecule has 1 unspecified atom stereocenters. The van der Waals surface area contributed by atoms with Gasteiger partial charge in [-0.15, -0.1) is 13.7 Å². The molecule has 5 heteroatoms. The van der Waals surface area contributed by atoms with Gasteiger partial charge in [-0.05, 0) is 36.0 Å². The van der Waals surface area contributed by atoms with Crippen molar-refractivity contribution < 1.29 is 9.84 Å². The van der Waals surface area contributed by atoms with Gasteiger partial charge in [-0.1, -0.05) is 50.9 Å². The molecule has 0 saturated carbocycles. The van der Waals surface area contributed by atoms with Crippen molar-refractivity contribution in [3.63, 3.8) is 0 Å². The molecule has 0 N–H and O–H groups in total. The van der Waals surface area contributed by atoms with E-state index in [1.807, 2.05) is 0 Å². The van der Waals surface area contributed by atoms with Crippen molar-refractivity contribution in [1.29, 1.82) is 0 Å². The van der Waals surface area contributed by atoms with Crippen molar-refractivity contribution in [2.24, 2.45) is 11.3 Å². The molecule has 0 aromatic heterocycles. The van der Waals surface area contributed by atoms with Gasteiger partial charge in [-0.2, -0.15) is 0 Å². The van der Waals surface area contributed by atoms with Gasteiger partial charge in [0.05, 0.1) is 17.2 Å². The maximum atomic E-state index is 12.4. The van der Waals surface area contributed by atoms with Crippen LogP contribution in [-0.4, -0.2) is 18.8 Å². The largest absolute Gasteiger partial charge is 0.823 e. The van der Waals surface area contributed by atoms with Crippen LogP contribution in [0.25, 0.3) is 0 Å². The third kappa shape index (κ3) is 5.79. The number of hydrogen-bond donors (Lipinski definition) is 0. The highest BCUT2D eigenvalue weighted by molar-refractivity contribution is 7.40. The van der Waals surface area contributed by atoms with Crippen molar-refractivity contribution in [3.05, 3.63) is 27.7 Å². The first kappa shape index (κ1) is 18.8. The van der Waals surface area contributed by atoms with E-state index in [1.54, 1.807) is 12.1 Å². The van der Waals surface area contributed by atoms with Gasteiger partial charge in [0.25, 0.3) is 0 Å². The fourth-order valence-corrected chi connectivity index (χ4v) is 3.88. The summed E-state index contributed by atoms with van der Waals surface area (Å²) in [5.74, 6) is 0.838.